The van der Waals surface area contributed by atoms with Crippen molar-refractivity contribution >= 4 is 28.9 Å². The van der Waals surface area contributed by atoms with Gasteiger partial charge < -0.3 is 14.9 Å². The van der Waals surface area contributed by atoms with Crippen LogP contribution >= 0.6 is 0 Å². The van der Waals surface area contributed by atoms with Crippen LogP contribution in [0.2, 0.25) is 0 Å². The molecule has 2 heterocycles. The maximum absolute atomic E-state index is 13.8. The number of hydrogen-bond donors (Lipinski definition) is 1. The fourth-order valence-electron chi connectivity index (χ4n) is 4.70. The predicted molar refractivity (Wildman–Crippen MR) is 117 cm³/mol. The Labute approximate surface area is 183 Å². The van der Waals surface area contributed by atoms with Gasteiger partial charge in [0.2, 0.25) is 5.91 Å². The zero-order chi connectivity index (χ0) is 22.6. The summed E-state index contributed by atoms with van der Waals surface area (Å²) < 4.78 is 0. The number of hydrogen-bond acceptors (Lipinski definition) is 5. The van der Waals surface area contributed by atoms with Crippen LogP contribution < -0.4 is 9.80 Å². The molecule has 2 aliphatic heterocycles. The molecule has 0 saturated carbocycles. The fourth-order valence-corrected chi connectivity index (χ4v) is 4.70. The second-order valence-electron chi connectivity index (χ2n) is 7.99. The fraction of sp³-hybridized carbons (Fsp3) is 0.167. The van der Waals surface area contributed by atoms with E-state index in [4.69, 9.17) is 0 Å². The highest BCUT2D eigenvalue weighted by atomic mass is 16.6. The van der Waals surface area contributed by atoms with Crippen molar-refractivity contribution in [1.29, 1.82) is 0 Å². The van der Waals surface area contributed by atoms with Crippen LogP contribution in [0, 0.1) is 10.1 Å². The SMILES string of the molecule is CN1C(=O)C(C2(O)C(=O)N(Cc3ccccc3)c3cc([N+](=O)[O-])ccc32)c2ccccc21. The lowest BCUT2D eigenvalue weighted by molar-refractivity contribution is -0.384. The summed E-state index contributed by atoms with van der Waals surface area (Å²) in [5.74, 6) is -2.25. The highest BCUT2D eigenvalue weighted by Gasteiger charge is 2.60. The van der Waals surface area contributed by atoms with E-state index in [0.717, 1.165) is 5.56 Å². The highest BCUT2D eigenvalue weighted by Crippen LogP contribution is 2.53. The number of aliphatic hydroxyl groups is 1. The van der Waals surface area contributed by atoms with Crippen molar-refractivity contribution in [3.8, 4) is 0 Å². The molecule has 0 bridgehead atoms. The monoisotopic (exact) mass is 429 g/mol. The summed E-state index contributed by atoms with van der Waals surface area (Å²) in [6.07, 6.45) is 0. The molecule has 0 aliphatic carbocycles. The quantitative estimate of drug-likeness (QED) is 0.507. The number of fused-ring (bicyclic) bond motifs is 2. The van der Waals surface area contributed by atoms with Crippen LogP contribution in [0.3, 0.4) is 0 Å². The Morgan fingerprint density at radius 3 is 2.41 bits per heavy atom. The summed E-state index contributed by atoms with van der Waals surface area (Å²) in [6.45, 7) is 0.106. The molecule has 2 aliphatic rings. The van der Waals surface area contributed by atoms with Crippen molar-refractivity contribution in [1.82, 2.24) is 0 Å². The third-order valence-corrected chi connectivity index (χ3v) is 6.25. The number of amides is 2. The minimum Gasteiger partial charge on any atom is -0.374 e. The van der Waals surface area contributed by atoms with E-state index in [-0.39, 0.29) is 23.5 Å². The Bertz CT molecular complexity index is 1280. The second kappa shape index (κ2) is 7.00. The number of nitrogens with zero attached hydrogens (tertiary/aromatic N) is 3. The highest BCUT2D eigenvalue weighted by molar-refractivity contribution is 6.15. The molecule has 3 aromatic rings. The number of para-hydroxylation sites is 1. The summed E-state index contributed by atoms with van der Waals surface area (Å²) in [5, 5.41) is 23.3. The van der Waals surface area contributed by atoms with Gasteiger partial charge in [0.05, 0.1) is 17.2 Å². The van der Waals surface area contributed by atoms with E-state index in [9.17, 15) is 24.8 Å². The number of likely N-dealkylation sites (N-methyl/N-ethyl adjacent to an activating group) is 1. The summed E-state index contributed by atoms with van der Waals surface area (Å²) in [4.78, 5) is 40.6. The molecule has 8 heteroatoms. The van der Waals surface area contributed by atoms with Gasteiger partial charge in [0, 0.05) is 30.4 Å². The van der Waals surface area contributed by atoms with Gasteiger partial charge in [-0.1, -0.05) is 48.5 Å². The third-order valence-electron chi connectivity index (χ3n) is 6.25. The first-order valence-corrected chi connectivity index (χ1v) is 10.1. The topological polar surface area (TPSA) is 104 Å². The van der Waals surface area contributed by atoms with Crippen LogP contribution in [0.15, 0.2) is 72.8 Å². The molecular weight excluding hydrogens is 410 g/mol. The van der Waals surface area contributed by atoms with Gasteiger partial charge in [-0.25, -0.2) is 0 Å². The summed E-state index contributed by atoms with van der Waals surface area (Å²) in [7, 11) is 1.60. The zero-order valence-corrected chi connectivity index (χ0v) is 17.1. The lowest BCUT2D eigenvalue weighted by Crippen LogP contribution is -2.47. The Hall–Kier alpha value is -4.04. The van der Waals surface area contributed by atoms with E-state index < -0.39 is 28.3 Å². The average molecular weight is 429 g/mol. The largest absolute Gasteiger partial charge is 0.374 e. The van der Waals surface area contributed by atoms with Gasteiger partial charge in [-0.3, -0.25) is 19.7 Å². The van der Waals surface area contributed by atoms with E-state index in [1.54, 1.807) is 31.3 Å². The molecule has 0 fully saturated rings. The van der Waals surface area contributed by atoms with E-state index in [0.29, 0.717) is 11.3 Å². The van der Waals surface area contributed by atoms with Gasteiger partial charge in [0.15, 0.2) is 5.60 Å². The van der Waals surface area contributed by atoms with Crippen molar-refractivity contribution in [3.63, 3.8) is 0 Å². The first-order valence-electron chi connectivity index (χ1n) is 10.1. The number of carbonyl (C=O) groups is 2. The smallest absolute Gasteiger partial charge is 0.271 e. The third kappa shape index (κ3) is 2.66. The molecule has 0 aromatic heterocycles. The first-order chi connectivity index (χ1) is 15.3. The first kappa shape index (κ1) is 19.9. The van der Waals surface area contributed by atoms with Crippen molar-refractivity contribution in [2.24, 2.45) is 0 Å². The van der Waals surface area contributed by atoms with E-state index in [2.05, 4.69) is 0 Å². The molecule has 8 nitrogen and oxygen atoms in total. The van der Waals surface area contributed by atoms with Crippen molar-refractivity contribution in [2.75, 3.05) is 16.8 Å². The van der Waals surface area contributed by atoms with Crippen LogP contribution in [0.25, 0.3) is 0 Å². The van der Waals surface area contributed by atoms with Gasteiger partial charge in [-0.2, -0.15) is 0 Å². The van der Waals surface area contributed by atoms with Crippen LogP contribution in [-0.4, -0.2) is 28.9 Å². The Morgan fingerprint density at radius 2 is 1.69 bits per heavy atom. The molecule has 0 spiro atoms. The molecule has 2 unspecified atom stereocenters. The van der Waals surface area contributed by atoms with E-state index in [1.807, 2.05) is 30.3 Å². The van der Waals surface area contributed by atoms with Crippen LogP contribution in [-0.2, 0) is 21.7 Å². The predicted octanol–water partition coefficient (Wildman–Crippen LogP) is 3.09. The molecule has 3 aromatic carbocycles. The molecule has 160 valence electrons. The summed E-state index contributed by atoms with van der Waals surface area (Å²) in [5.41, 5.74) is -0.0118. The Morgan fingerprint density at radius 1 is 1.00 bits per heavy atom. The molecule has 2 atom stereocenters. The van der Waals surface area contributed by atoms with Crippen molar-refractivity contribution < 1.29 is 19.6 Å². The number of non-ortho nitro benzene ring substituents is 1. The minimum absolute atomic E-state index is 0.106. The molecule has 0 saturated heterocycles. The number of carbonyl (C=O) groups excluding carboxylic acids is 2. The summed E-state index contributed by atoms with van der Waals surface area (Å²) in [6, 6.07) is 20.1. The van der Waals surface area contributed by atoms with Crippen LogP contribution in [0.1, 0.15) is 22.6 Å². The van der Waals surface area contributed by atoms with E-state index in [1.165, 1.54) is 28.0 Å². The number of nitro benzene ring substituents is 1. The van der Waals surface area contributed by atoms with Gasteiger partial charge in [-0.05, 0) is 23.3 Å². The number of nitro groups is 1. The van der Waals surface area contributed by atoms with Gasteiger partial charge in [-0.15, -0.1) is 0 Å². The molecule has 2 amide bonds. The normalized spacial score (nSPS) is 21.6. The molecule has 32 heavy (non-hydrogen) atoms. The van der Waals surface area contributed by atoms with Gasteiger partial charge in [0.25, 0.3) is 11.6 Å². The summed E-state index contributed by atoms with van der Waals surface area (Å²) >= 11 is 0. The lowest BCUT2D eigenvalue weighted by Gasteiger charge is -2.28. The maximum atomic E-state index is 13.8. The zero-order valence-electron chi connectivity index (χ0n) is 17.1. The molecule has 0 radical (unpaired) electrons. The van der Waals surface area contributed by atoms with Crippen molar-refractivity contribution in [3.05, 3.63) is 99.6 Å². The van der Waals surface area contributed by atoms with Gasteiger partial charge in [0.1, 0.15) is 5.92 Å². The number of rotatable bonds is 4. The molecule has 5 rings (SSSR count). The standard InChI is InChI=1S/C24H19N3O5/c1-25-19-10-6-5-9-17(19)21(22(25)28)24(30)18-12-11-16(27(31)32)13-20(18)26(23(24)29)14-15-7-3-2-4-8-15/h2-13,21,30H,14H2,1H3. The molecule has 1 N–H and O–H groups in total. The maximum Gasteiger partial charge on any atom is 0.271 e. The minimum atomic E-state index is -2.18. The van der Waals surface area contributed by atoms with Gasteiger partial charge >= 0.3 is 0 Å². The molecular formula is C24H19N3O5. The van der Waals surface area contributed by atoms with Crippen LogP contribution in [0.5, 0.6) is 0 Å². The Balaban J connectivity index is 1.70. The van der Waals surface area contributed by atoms with E-state index >= 15 is 0 Å². The Kier molecular flexibility index (Phi) is 4.35. The van der Waals surface area contributed by atoms with Crippen molar-refractivity contribution in [2.45, 2.75) is 18.1 Å². The number of benzene rings is 3. The van der Waals surface area contributed by atoms with Crippen LogP contribution in [0.4, 0.5) is 17.1 Å². The lowest BCUT2D eigenvalue weighted by atomic mass is 9.78. The number of anilines is 2. The second-order valence-corrected chi connectivity index (χ2v) is 7.99. The average Bonchev–Trinajstić information content (AvgIpc) is 3.18.